The van der Waals surface area contributed by atoms with Crippen LogP contribution in [-0.2, 0) is 4.79 Å². The van der Waals surface area contributed by atoms with Crippen LogP contribution < -0.4 is 24.4 Å². The van der Waals surface area contributed by atoms with Crippen LogP contribution in [0.15, 0.2) is 41.5 Å². The molecule has 2 aromatic rings. The van der Waals surface area contributed by atoms with Gasteiger partial charge in [-0.2, -0.15) is 5.10 Å². The van der Waals surface area contributed by atoms with E-state index in [0.29, 0.717) is 34.8 Å². The lowest BCUT2D eigenvalue weighted by atomic mass is 10.1. The molecular formula is C24H30N2O6. The second kappa shape index (κ2) is 13.0. The number of methoxy groups -OCH3 is 3. The number of esters is 1. The summed E-state index contributed by atoms with van der Waals surface area (Å²) in [5, 5.41) is 3.98. The van der Waals surface area contributed by atoms with Crippen LogP contribution in [0.2, 0.25) is 0 Å². The Morgan fingerprint density at radius 3 is 2.25 bits per heavy atom. The van der Waals surface area contributed by atoms with Crippen molar-refractivity contribution in [2.75, 3.05) is 21.3 Å². The third-order valence-corrected chi connectivity index (χ3v) is 4.67. The average molecular weight is 443 g/mol. The molecule has 0 aromatic heterocycles. The number of hydrogen-bond acceptors (Lipinski definition) is 7. The first-order valence-electron chi connectivity index (χ1n) is 10.5. The van der Waals surface area contributed by atoms with Gasteiger partial charge in [-0.05, 0) is 48.4 Å². The number of amides is 1. The molecule has 0 radical (unpaired) electrons. The van der Waals surface area contributed by atoms with Gasteiger partial charge in [0.15, 0.2) is 23.0 Å². The normalized spacial score (nSPS) is 10.6. The molecule has 0 atom stereocenters. The standard InChI is InChI=1S/C24H30N2O6/c1-5-6-7-8-9-23(27)26-25-16-17-10-12-20(21(14-17)30-3)32-24(28)18-11-13-19(29-2)22(15-18)31-4/h10-16H,5-9H2,1-4H3,(H,26,27). The number of nitrogens with zero attached hydrogens (tertiary/aromatic N) is 1. The molecule has 0 fully saturated rings. The topological polar surface area (TPSA) is 95.5 Å². The Hall–Kier alpha value is -3.55. The van der Waals surface area contributed by atoms with E-state index in [0.717, 1.165) is 25.7 Å². The van der Waals surface area contributed by atoms with E-state index in [1.54, 1.807) is 36.4 Å². The summed E-state index contributed by atoms with van der Waals surface area (Å²) >= 11 is 0. The van der Waals surface area contributed by atoms with Crippen molar-refractivity contribution < 1.29 is 28.5 Å². The van der Waals surface area contributed by atoms with Gasteiger partial charge in [0.2, 0.25) is 5.91 Å². The fraction of sp³-hybridized carbons (Fsp3) is 0.375. The van der Waals surface area contributed by atoms with Crippen molar-refractivity contribution in [3.8, 4) is 23.0 Å². The third kappa shape index (κ3) is 7.30. The fourth-order valence-corrected chi connectivity index (χ4v) is 2.92. The summed E-state index contributed by atoms with van der Waals surface area (Å²) in [6, 6.07) is 9.72. The average Bonchev–Trinajstić information content (AvgIpc) is 2.82. The Labute approximate surface area is 188 Å². The molecule has 0 saturated heterocycles. The quantitative estimate of drug-likeness (QED) is 0.173. The first-order valence-corrected chi connectivity index (χ1v) is 10.5. The number of carbonyl (C=O) groups is 2. The molecule has 2 rings (SSSR count). The molecule has 2 aromatic carbocycles. The summed E-state index contributed by atoms with van der Waals surface area (Å²) in [7, 11) is 4.48. The summed E-state index contributed by atoms with van der Waals surface area (Å²) < 4.78 is 21.2. The number of carbonyl (C=O) groups excluding carboxylic acids is 2. The molecular weight excluding hydrogens is 412 g/mol. The first-order chi connectivity index (χ1) is 15.5. The highest BCUT2D eigenvalue weighted by Gasteiger charge is 2.15. The number of hydrogen-bond donors (Lipinski definition) is 1. The number of benzene rings is 2. The van der Waals surface area contributed by atoms with Crippen LogP contribution in [0.3, 0.4) is 0 Å². The smallest absolute Gasteiger partial charge is 0.343 e. The van der Waals surface area contributed by atoms with Crippen molar-refractivity contribution in [2.24, 2.45) is 5.10 Å². The van der Waals surface area contributed by atoms with Gasteiger partial charge < -0.3 is 18.9 Å². The molecule has 0 heterocycles. The maximum atomic E-state index is 12.6. The molecule has 172 valence electrons. The van der Waals surface area contributed by atoms with E-state index in [-0.39, 0.29) is 11.7 Å². The summed E-state index contributed by atoms with van der Waals surface area (Å²) in [5.74, 6) is 0.857. The minimum absolute atomic E-state index is 0.121. The minimum Gasteiger partial charge on any atom is -0.493 e. The molecule has 0 saturated carbocycles. The first kappa shape index (κ1) is 24.7. The largest absolute Gasteiger partial charge is 0.493 e. The van der Waals surface area contributed by atoms with Crippen molar-refractivity contribution >= 4 is 18.1 Å². The molecule has 0 aliphatic heterocycles. The van der Waals surface area contributed by atoms with E-state index in [4.69, 9.17) is 18.9 Å². The van der Waals surface area contributed by atoms with Crippen LogP contribution in [-0.4, -0.2) is 39.4 Å². The molecule has 8 heteroatoms. The van der Waals surface area contributed by atoms with Gasteiger partial charge in [0.05, 0.1) is 33.1 Å². The van der Waals surface area contributed by atoms with Crippen LogP contribution in [0.5, 0.6) is 23.0 Å². The number of unbranched alkanes of at least 4 members (excludes halogenated alkanes) is 3. The van der Waals surface area contributed by atoms with Crippen molar-refractivity contribution in [1.82, 2.24) is 5.43 Å². The second-order valence-electron chi connectivity index (χ2n) is 6.97. The van der Waals surface area contributed by atoms with Gasteiger partial charge in [0.1, 0.15) is 0 Å². The molecule has 8 nitrogen and oxygen atoms in total. The summed E-state index contributed by atoms with van der Waals surface area (Å²) in [5.41, 5.74) is 3.50. The Balaban J connectivity index is 2.01. The highest BCUT2D eigenvalue weighted by atomic mass is 16.6. The van der Waals surface area contributed by atoms with Gasteiger partial charge >= 0.3 is 5.97 Å². The zero-order chi connectivity index (χ0) is 23.3. The van der Waals surface area contributed by atoms with Crippen LogP contribution in [0, 0.1) is 0 Å². The zero-order valence-corrected chi connectivity index (χ0v) is 19.0. The minimum atomic E-state index is -0.569. The molecule has 32 heavy (non-hydrogen) atoms. The molecule has 0 aliphatic carbocycles. The van der Waals surface area contributed by atoms with Gasteiger partial charge in [0, 0.05) is 6.42 Å². The summed E-state index contributed by atoms with van der Waals surface area (Å²) in [4.78, 5) is 24.4. The highest BCUT2D eigenvalue weighted by molar-refractivity contribution is 5.92. The predicted molar refractivity (Wildman–Crippen MR) is 122 cm³/mol. The lowest BCUT2D eigenvalue weighted by molar-refractivity contribution is -0.121. The van der Waals surface area contributed by atoms with E-state index in [1.807, 2.05) is 0 Å². The Kier molecular flexibility index (Phi) is 10.0. The van der Waals surface area contributed by atoms with E-state index >= 15 is 0 Å². The molecule has 1 N–H and O–H groups in total. The SMILES string of the molecule is CCCCCCC(=O)NN=Cc1ccc(OC(=O)c2ccc(OC)c(OC)c2)c(OC)c1. The Bertz CT molecular complexity index is 942. The second-order valence-corrected chi connectivity index (χ2v) is 6.97. The number of ether oxygens (including phenoxy) is 4. The van der Waals surface area contributed by atoms with Gasteiger partial charge in [-0.25, -0.2) is 10.2 Å². The van der Waals surface area contributed by atoms with Gasteiger partial charge in [-0.15, -0.1) is 0 Å². The number of rotatable bonds is 12. The van der Waals surface area contributed by atoms with Gasteiger partial charge in [-0.1, -0.05) is 26.2 Å². The number of hydrazone groups is 1. The third-order valence-electron chi connectivity index (χ3n) is 4.67. The van der Waals surface area contributed by atoms with E-state index < -0.39 is 5.97 Å². The van der Waals surface area contributed by atoms with Crippen LogP contribution in [0.25, 0.3) is 0 Å². The predicted octanol–water partition coefficient (Wildman–Crippen LogP) is 4.35. The maximum absolute atomic E-state index is 12.6. The Morgan fingerprint density at radius 2 is 1.56 bits per heavy atom. The lowest BCUT2D eigenvalue weighted by Crippen LogP contribution is -2.16. The molecule has 1 amide bonds. The van der Waals surface area contributed by atoms with E-state index in [2.05, 4.69) is 17.5 Å². The zero-order valence-electron chi connectivity index (χ0n) is 19.0. The van der Waals surface area contributed by atoms with E-state index in [1.165, 1.54) is 27.5 Å². The van der Waals surface area contributed by atoms with Crippen molar-refractivity contribution in [2.45, 2.75) is 39.0 Å². The van der Waals surface area contributed by atoms with Crippen molar-refractivity contribution in [3.05, 3.63) is 47.5 Å². The van der Waals surface area contributed by atoms with Crippen LogP contribution in [0.4, 0.5) is 0 Å². The highest BCUT2D eigenvalue weighted by Crippen LogP contribution is 2.31. The lowest BCUT2D eigenvalue weighted by Gasteiger charge is -2.11. The van der Waals surface area contributed by atoms with Crippen molar-refractivity contribution in [3.63, 3.8) is 0 Å². The van der Waals surface area contributed by atoms with Crippen LogP contribution >= 0.6 is 0 Å². The van der Waals surface area contributed by atoms with E-state index in [9.17, 15) is 9.59 Å². The van der Waals surface area contributed by atoms with Gasteiger partial charge in [-0.3, -0.25) is 4.79 Å². The van der Waals surface area contributed by atoms with Gasteiger partial charge in [0.25, 0.3) is 0 Å². The van der Waals surface area contributed by atoms with Crippen LogP contribution in [0.1, 0.15) is 54.9 Å². The molecule has 0 spiro atoms. The summed E-state index contributed by atoms with van der Waals surface area (Å²) in [6.45, 7) is 2.13. The number of nitrogens with one attached hydrogen (secondary N) is 1. The monoisotopic (exact) mass is 442 g/mol. The molecule has 0 aliphatic rings. The summed E-state index contributed by atoms with van der Waals surface area (Å²) in [6.07, 6.45) is 6.09. The van der Waals surface area contributed by atoms with Crippen molar-refractivity contribution in [1.29, 1.82) is 0 Å². The fourth-order valence-electron chi connectivity index (χ4n) is 2.92. The molecule has 0 unspecified atom stereocenters. The molecule has 0 bridgehead atoms. The Morgan fingerprint density at radius 1 is 0.875 bits per heavy atom. The maximum Gasteiger partial charge on any atom is 0.343 e.